The van der Waals surface area contributed by atoms with Crippen LogP contribution in [0.1, 0.15) is 182 Å². The Hall–Kier alpha value is -1.92. The number of hydrogen-bond acceptors (Lipinski definition) is 7. The maximum absolute atomic E-state index is 11.5. The molecule has 0 aliphatic rings. The summed E-state index contributed by atoms with van der Waals surface area (Å²) in [6.07, 6.45) is 23.2. The van der Waals surface area contributed by atoms with Gasteiger partial charge >= 0.3 is 23.9 Å². The number of rotatable bonds is 27. The number of hydrogen-bond donors (Lipinski definition) is 0. The fourth-order valence-electron chi connectivity index (χ4n) is 4.11. The second-order valence-electron chi connectivity index (χ2n) is 10.9. The van der Waals surface area contributed by atoms with Gasteiger partial charge in [0.15, 0.2) is 0 Å². The fraction of sp³-hybridized carbons (Fsp3) is 0.882. The van der Waals surface area contributed by atoms with Gasteiger partial charge in [-0.1, -0.05) is 130 Å². The van der Waals surface area contributed by atoms with E-state index >= 15 is 0 Å². The molecule has 0 saturated heterocycles. The molecule has 0 radical (unpaired) electrons. The molecule has 0 aliphatic heterocycles. The van der Waals surface area contributed by atoms with E-state index in [-0.39, 0.29) is 36.7 Å². The van der Waals surface area contributed by atoms with E-state index in [1.165, 1.54) is 64.2 Å². The number of carbonyl (C=O) groups excluding carboxylic acids is 4. The minimum absolute atomic E-state index is 0.129. The first-order valence-corrected chi connectivity index (χ1v) is 17.0. The Balaban J connectivity index is 0. The van der Waals surface area contributed by atoms with Crippen molar-refractivity contribution < 1.29 is 33.4 Å². The van der Waals surface area contributed by atoms with E-state index in [9.17, 15) is 19.2 Å². The molecule has 0 atom stereocenters. The van der Waals surface area contributed by atoms with Crippen LogP contribution >= 0.6 is 0 Å². The Bertz CT molecular complexity index is 566. The summed E-state index contributed by atoms with van der Waals surface area (Å²) in [5, 5.41) is 0. The molecule has 0 fully saturated rings. The third-order valence-electron chi connectivity index (χ3n) is 6.75. The lowest BCUT2D eigenvalue weighted by Crippen LogP contribution is -2.11. The monoisotopic (exact) mass is 584 g/mol. The molecular weight excluding hydrogens is 520 g/mol. The third-order valence-corrected chi connectivity index (χ3v) is 6.75. The number of unbranched alkanes of at least 4 members (excludes halogenated alkanes) is 16. The van der Waals surface area contributed by atoms with Crippen LogP contribution in [0.5, 0.6) is 0 Å². The summed E-state index contributed by atoms with van der Waals surface area (Å²) in [4.78, 5) is 45.7. The van der Waals surface area contributed by atoms with Gasteiger partial charge in [-0.05, 0) is 25.7 Å². The first kappa shape index (κ1) is 41.2. The van der Waals surface area contributed by atoms with E-state index in [0.29, 0.717) is 26.1 Å². The molecule has 0 aromatic rings. The number of esters is 4. The molecule has 0 amide bonds. The zero-order valence-corrected chi connectivity index (χ0v) is 27.2. The van der Waals surface area contributed by atoms with Crippen molar-refractivity contribution in [3.63, 3.8) is 0 Å². The highest BCUT2D eigenvalue weighted by molar-refractivity contribution is 5.85. The van der Waals surface area contributed by atoms with E-state index in [4.69, 9.17) is 14.2 Å². The normalized spacial score (nSPS) is 10.4. The maximum Gasteiger partial charge on any atom is 0.313 e. The van der Waals surface area contributed by atoms with Crippen LogP contribution in [0.4, 0.5) is 0 Å². The Labute approximate surface area is 252 Å². The Morgan fingerprint density at radius 2 is 0.634 bits per heavy atom. The molecule has 0 aliphatic carbocycles. The summed E-state index contributed by atoms with van der Waals surface area (Å²) in [5.41, 5.74) is 0. The molecule has 41 heavy (non-hydrogen) atoms. The molecule has 0 saturated carbocycles. The quantitative estimate of drug-likeness (QED) is 0.0410. The van der Waals surface area contributed by atoms with Gasteiger partial charge in [0.2, 0.25) is 0 Å². The van der Waals surface area contributed by atoms with Crippen molar-refractivity contribution in [1.29, 1.82) is 0 Å². The van der Waals surface area contributed by atoms with Crippen LogP contribution in [0.2, 0.25) is 0 Å². The molecule has 0 aromatic heterocycles. The molecule has 7 heteroatoms. The number of ether oxygens (including phenoxy) is 3. The largest absolute Gasteiger partial charge is 0.466 e. The van der Waals surface area contributed by atoms with Crippen LogP contribution in [0.3, 0.4) is 0 Å². The standard InChI is InChI=1S/C18H34O4.C16H30O3/c1-3-5-7-9-11-15-21-17(19)13-14-18(20)22-16-12-10-8-6-4-2;1-3-5-7-9-11-13-15(17)19-16(18)14-12-10-8-6-4-2/h3-16H2,1-2H3;3-14H2,1-2H3. The predicted octanol–water partition coefficient (Wildman–Crippen LogP) is 9.57. The van der Waals surface area contributed by atoms with Gasteiger partial charge in [0.25, 0.3) is 0 Å². The summed E-state index contributed by atoms with van der Waals surface area (Å²) in [6.45, 7) is 9.60. The Kier molecular flexibility index (Phi) is 34.5. The van der Waals surface area contributed by atoms with Gasteiger partial charge in [0.05, 0.1) is 26.1 Å². The molecule has 242 valence electrons. The third kappa shape index (κ3) is 36.1. The van der Waals surface area contributed by atoms with Crippen LogP contribution in [-0.4, -0.2) is 37.1 Å². The van der Waals surface area contributed by atoms with E-state index in [0.717, 1.165) is 64.2 Å². The molecule has 0 unspecified atom stereocenters. The van der Waals surface area contributed by atoms with E-state index in [2.05, 4.69) is 27.7 Å². The van der Waals surface area contributed by atoms with Crippen LogP contribution in [-0.2, 0) is 33.4 Å². The molecule has 0 aromatic carbocycles. The van der Waals surface area contributed by atoms with Crippen molar-refractivity contribution >= 4 is 23.9 Å². The van der Waals surface area contributed by atoms with Crippen molar-refractivity contribution in [2.45, 2.75) is 182 Å². The summed E-state index contributed by atoms with van der Waals surface area (Å²) >= 11 is 0. The molecule has 0 N–H and O–H groups in total. The zero-order chi connectivity index (χ0) is 30.8. The van der Waals surface area contributed by atoms with E-state index in [1.807, 2.05) is 0 Å². The lowest BCUT2D eigenvalue weighted by molar-refractivity contribution is -0.159. The SMILES string of the molecule is CCCCCCCC(=O)OC(=O)CCCCCCC.CCCCCCCOC(=O)CCC(=O)OCCCCCCC. The second kappa shape index (κ2) is 34.3. The van der Waals surface area contributed by atoms with Crippen molar-refractivity contribution in [3.05, 3.63) is 0 Å². The Morgan fingerprint density at radius 1 is 0.341 bits per heavy atom. The maximum atomic E-state index is 11.5. The lowest BCUT2D eigenvalue weighted by Gasteiger charge is -2.06. The van der Waals surface area contributed by atoms with E-state index < -0.39 is 0 Å². The predicted molar refractivity (Wildman–Crippen MR) is 167 cm³/mol. The van der Waals surface area contributed by atoms with Gasteiger partial charge in [-0.15, -0.1) is 0 Å². The molecule has 7 nitrogen and oxygen atoms in total. The summed E-state index contributed by atoms with van der Waals surface area (Å²) in [5.74, 6) is -1.30. The van der Waals surface area contributed by atoms with Gasteiger partial charge in [0, 0.05) is 12.8 Å². The molecule has 0 bridgehead atoms. The van der Waals surface area contributed by atoms with Gasteiger partial charge in [0.1, 0.15) is 0 Å². The van der Waals surface area contributed by atoms with Gasteiger partial charge in [-0.3, -0.25) is 19.2 Å². The van der Waals surface area contributed by atoms with Crippen molar-refractivity contribution in [3.8, 4) is 0 Å². The van der Waals surface area contributed by atoms with Crippen LogP contribution in [0.15, 0.2) is 0 Å². The van der Waals surface area contributed by atoms with Crippen LogP contribution in [0, 0.1) is 0 Å². The fourth-order valence-corrected chi connectivity index (χ4v) is 4.11. The highest BCUT2D eigenvalue weighted by atomic mass is 16.6. The molecule has 0 rings (SSSR count). The molecular formula is C34H64O7. The van der Waals surface area contributed by atoms with Gasteiger partial charge in [-0.2, -0.15) is 0 Å². The van der Waals surface area contributed by atoms with Crippen molar-refractivity contribution in [2.24, 2.45) is 0 Å². The van der Waals surface area contributed by atoms with Crippen LogP contribution < -0.4 is 0 Å². The summed E-state index contributed by atoms with van der Waals surface area (Å²) in [6, 6.07) is 0. The number of carbonyl (C=O) groups is 4. The van der Waals surface area contributed by atoms with Gasteiger partial charge in [-0.25, -0.2) is 0 Å². The molecule has 0 spiro atoms. The topological polar surface area (TPSA) is 96.0 Å². The first-order valence-electron chi connectivity index (χ1n) is 17.0. The summed E-state index contributed by atoms with van der Waals surface area (Å²) < 4.78 is 15.0. The first-order chi connectivity index (χ1) is 19.9. The van der Waals surface area contributed by atoms with Crippen molar-refractivity contribution in [2.75, 3.05) is 13.2 Å². The van der Waals surface area contributed by atoms with Crippen LogP contribution in [0.25, 0.3) is 0 Å². The average molecular weight is 585 g/mol. The van der Waals surface area contributed by atoms with Gasteiger partial charge < -0.3 is 14.2 Å². The zero-order valence-electron chi connectivity index (χ0n) is 27.2. The summed E-state index contributed by atoms with van der Waals surface area (Å²) in [7, 11) is 0. The minimum Gasteiger partial charge on any atom is -0.466 e. The smallest absolute Gasteiger partial charge is 0.313 e. The highest BCUT2D eigenvalue weighted by Gasteiger charge is 2.10. The lowest BCUT2D eigenvalue weighted by atomic mass is 10.1. The average Bonchev–Trinajstić information content (AvgIpc) is 2.95. The second-order valence-corrected chi connectivity index (χ2v) is 10.9. The van der Waals surface area contributed by atoms with Crippen molar-refractivity contribution in [1.82, 2.24) is 0 Å². The minimum atomic E-state index is -0.352. The Morgan fingerprint density at radius 3 is 0.951 bits per heavy atom. The highest BCUT2D eigenvalue weighted by Crippen LogP contribution is 2.09. The molecule has 0 heterocycles. The van der Waals surface area contributed by atoms with E-state index in [1.54, 1.807) is 0 Å².